The van der Waals surface area contributed by atoms with Crippen molar-refractivity contribution in [1.29, 1.82) is 0 Å². The van der Waals surface area contributed by atoms with Gasteiger partial charge in [-0.3, -0.25) is 9.59 Å². The minimum absolute atomic E-state index is 0.00818. The largest absolute Gasteiger partial charge is 0.337 e. The zero-order valence-electron chi connectivity index (χ0n) is 15.8. The standard InChI is InChI=1S/C19H27N3O4S/c1-14(2)27(25,26)17-8-4-3-7-16(17)19(24)21-10-5-6-15(13-21)22-11-9-20-12-18(22)23/h3-4,7-8,14-15,20H,5-6,9-13H2,1-2H3. The van der Waals surface area contributed by atoms with E-state index in [1.165, 1.54) is 6.07 Å². The molecule has 1 aromatic carbocycles. The molecule has 2 fully saturated rings. The van der Waals surface area contributed by atoms with Gasteiger partial charge in [0.1, 0.15) is 0 Å². The van der Waals surface area contributed by atoms with Gasteiger partial charge >= 0.3 is 0 Å². The van der Waals surface area contributed by atoms with Gasteiger partial charge < -0.3 is 15.1 Å². The van der Waals surface area contributed by atoms with Crippen LogP contribution in [0.5, 0.6) is 0 Å². The minimum Gasteiger partial charge on any atom is -0.337 e. The number of piperazine rings is 1. The highest BCUT2D eigenvalue weighted by molar-refractivity contribution is 7.92. The van der Waals surface area contributed by atoms with Crippen LogP contribution in [0.1, 0.15) is 37.0 Å². The highest BCUT2D eigenvalue weighted by Gasteiger charge is 2.34. The van der Waals surface area contributed by atoms with Crippen molar-refractivity contribution in [2.24, 2.45) is 0 Å². The van der Waals surface area contributed by atoms with Crippen LogP contribution in [0.25, 0.3) is 0 Å². The number of hydrogen-bond acceptors (Lipinski definition) is 5. The summed E-state index contributed by atoms with van der Waals surface area (Å²) < 4.78 is 25.3. The van der Waals surface area contributed by atoms with E-state index >= 15 is 0 Å². The summed E-state index contributed by atoms with van der Waals surface area (Å²) in [4.78, 5) is 29.0. The summed E-state index contributed by atoms with van der Waals surface area (Å²) in [5.74, 6) is -0.217. The van der Waals surface area contributed by atoms with E-state index in [1.807, 2.05) is 4.90 Å². The van der Waals surface area contributed by atoms with E-state index in [9.17, 15) is 18.0 Å². The summed E-state index contributed by atoms with van der Waals surface area (Å²) >= 11 is 0. The molecule has 0 bridgehead atoms. The number of nitrogens with one attached hydrogen (secondary N) is 1. The number of likely N-dealkylation sites (tertiary alicyclic amines) is 1. The Kier molecular flexibility index (Phi) is 5.86. The van der Waals surface area contributed by atoms with E-state index in [-0.39, 0.29) is 28.3 Å². The van der Waals surface area contributed by atoms with Crippen molar-refractivity contribution in [1.82, 2.24) is 15.1 Å². The van der Waals surface area contributed by atoms with Crippen LogP contribution in [0.15, 0.2) is 29.2 Å². The number of rotatable bonds is 4. The Bertz CT molecular complexity index is 822. The molecule has 3 rings (SSSR count). The number of benzene rings is 1. The maximum Gasteiger partial charge on any atom is 0.255 e. The fraction of sp³-hybridized carbons (Fsp3) is 0.579. The van der Waals surface area contributed by atoms with E-state index in [0.717, 1.165) is 19.4 Å². The molecule has 2 saturated heterocycles. The second-order valence-corrected chi connectivity index (χ2v) is 9.87. The van der Waals surface area contributed by atoms with Gasteiger partial charge in [0.2, 0.25) is 5.91 Å². The molecule has 2 aliphatic heterocycles. The van der Waals surface area contributed by atoms with Gasteiger partial charge in [0.25, 0.3) is 5.91 Å². The lowest BCUT2D eigenvalue weighted by Gasteiger charge is -2.41. The highest BCUT2D eigenvalue weighted by atomic mass is 32.2. The number of nitrogens with zero attached hydrogens (tertiary/aromatic N) is 2. The first-order valence-corrected chi connectivity index (χ1v) is 11.0. The monoisotopic (exact) mass is 393 g/mol. The first kappa shape index (κ1) is 19.8. The predicted molar refractivity (Wildman–Crippen MR) is 102 cm³/mol. The van der Waals surface area contributed by atoms with Crippen molar-refractivity contribution in [2.75, 3.05) is 32.7 Å². The second-order valence-electron chi connectivity index (χ2n) is 7.40. The maximum atomic E-state index is 13.1. The van der Waals surface area contributed by atoms with E-state index in [2.05, 4.69) is 5.32 Å². The van der Waals surface area contributed by atoms with Gasteiger partial charge in [-0.2, -0.15) is 0 Å². The number of piperidine rings is 1. The summed E-state index contributed by atoms with van der Waals surface area (Å²) in [6.07, 6.45) is 1.66. The van der Waals surface area contributed by atoms with Gasteiger partial charge in [-0.25, -0.2) is 8.42 Å². The molecule has 0 radical (unpaired) electrons. The summed E-state index contributed by atoms with van der Waals surface area (Å²) in [5.41, 5.74) is 0.221. The second kappa shape index (κ2) is 7.98. The molecule has 2 heterocycles. The molecule has 0 aromatic heterocycles. The molecule has 2 amide bonds. The molecule has 1 N–H and O–H groups in total. The Morgan fingerprint density at radius 1 is 1.22 bits per heavy atom. The molecule has 148 valence electrons. The average molecular weight is 394 g/mol. The molecule has 7 nitrogen and oxygen atoms in total. The summed E-state index contributed by atoms with van der Waals surface area (Å²) in [5, 5.41) is 2.46. The van der Waals surface area contributed by atoms with Crippen molar-refractivity contribution < 1.29 is 18.0 Å². The topological polar surface area (TPSA) is 86.8 Å². The van der Waals surface area contributed by atoms with Crippen molar-refractivity contribution in [2.45, 2.75) is 42.9 Å². The number of carbonyl (C=O) groups is 2. The lowest BCUT2D eigenvalue weighted by atomic mass is 10.0. The zero-order valence-corrected chi connectivity index (χ0v) is 16.7. The van der Waals surface area contributed by atoms with Crippen molar-refractivity contribution in [3.8, 4) is 0 Å². The zero-order chi connectivity index (χ0) is 19.6. The first-order chi connectivity index (χ1) is 12.8. The Hall–Kier alpha value is -1.93. The summed E-state index contributed by atoms with van der Waals surface area (Å²) in [6, 6.07) is 6.41. The van der Waals surface area contributed by atoms with Crippen LogP contribution in [0.4, 0.5) is 0 Å². The normalized spacial score (nSPS) is 21.6. The molecule has 2 aliphatic rings. The van der Waals surface area contributed by atoms with Gasteiger partial charge in [-0.1, -0.05) is 12.1 Å². The molecule has 0 aliphatic carbocycles. The van der Waals surface area contributed by atoms with Crippen LogP contribution in [-0.4, -0.2) is 74.0 Å². The van der Waals surface area contributed by atoms with Crippen molar-refractivity contribution in [3.05, 3.63) is 29.8 Å². The van der Waals surface area contributed by atoms with E-state index in [1.54, 1.807) is 36.9 Å². The van der Waals surface area contributed by atoms with Crippen LogP contribution >= 0.6 is 0 Å². The molecule has 1 atom stereocenters. The molecule has 8 heteroatoms. The van der Waals surface area contributed by atoms with E-state index in [4.69, 9.17) is 0 Å². The van der Waals surface area contributed by atoms with Crippen molar-refractivity contribution >= 4 is 21.7 Å². The number of amides is 2. The lowest BCUT2D eigenvalue weighted by molar-refractivity contribution is -0.135. The van der Waals surface area contributed by atoms with Crippen LogP contribution in [-0.2, 0) is 14.6 Å². The van der Waals surface area contributed by atoms with Crippen LogP contribution in [0, 0.1) is 0 Å². The van der Waals surface area contributed by atoms with Crippen molar-refractivity contribution in [3.63, 3.8) is 0 Å². The molecular formula is C19H27N3O4S. The highest BCUT2D eigenvalue weighted by Crippen LogP contribution is 2.24. The van der Waals surface area contributed by atoms with E-state index < -0.39 is 15.1 Å². The third-order valence-electron chi connectivity index (χ3n) is 5.30. The minimum atomic E-state index is -3.55. The van der Waals surface area contributed by atoms with Gasteiger partial charge in [0, 0.05) is 32.2 Å². The number of sulfone groups is 1. The number of carbonyl (C=O) groups excluding carboxylic acids is 2. The fourth-order valence-electron chi connectivity index (χ4n) is 3.72. The maximum absolute atomic E-state index is 13.1. The molecule has 0 saturated carbocycles. The molecule has 1 unspecified atom stereocenters. The summed E-state index contributed by atoms with van der Waals surface area (Å²) in [7, 11) is -3.55. The predicted octanol–water partition coefficient (Wildman–Crippen LogP) is 0.905. The van der Waals surface area contributed by atoms with Crippen LogP contribution < -0.4 is 5.32 Å². The summed E-state index contributed by atoms with van der Waals surface area (Å²) in [6.45, 7) is 5.98. The third-order valence-corrected chi connectivity index (χ3v) is 7.51. The van der Waals surface area contributed by atoms with Crippen LogP contribution in [0.2, 0.25) is 0 Å². The molecule has 27 heavy (non-hydrogen) atoms. The Balaban J connectivity index is 1.83. The van der Waals surface area contributed by atoms with Crippen LogP contribution in [0.3, 0.4) is 0 Å². The smallest absolute Gasteiger partial charge is 0.255 e. The average Bonchev–Trinajstić information content (AvgIpc) is 2.67. The number of hydrogen-bond donors (Lipinski definition) is 1. The third kappa shape index (κ3) is 4.01. The Morgan fingerprint density at radius 2 is 1.96 bits per heavy atom. The molecular weight excluding hydrogens is 366 g/mol. The quantitative estimate of drug-likeness (QED) is 0.822. The van der Waals surface area contributed by atoms with Gasteiger partial charge in [-0.15, -0.1) is 0 Å². The first-order valence-electron chi connectivity index (χ1n) is 9.44. The SMILES string of the molecule is CC(C)S(=O)(=O)c1ccccc1C(=O)N1CCCC(N2CCNCC2=O)C1. The lowest BCUT2D eigenvalue weighted by Crippen LogP contribution is -2.57. The fourth-order valence-corrected chi connectivity index (χ4v) is 4.95. The molecule has 0 spiro atoms. The Morgan fingerprint density at radius 3 is 2.67 bits per heavy atom. The van der Waals surface area contributed by atoms with Gasteiger partial charge in [-0.05, 0) is 38.8 Å². The Labute approximate surface area is 160 Å². The molecule has 1 aromatic rings. The van der Waals surface area contributed by atoms with Gasteiger partial charge in [0.05, 0.1) is 22.3 Å². The van der Waals surface area contributed by atoms with Gasteiger partial charge in [0.15, 0.2) is 9.84 Å². The van der Waals surface area contributed by atoms with E-state index in [0.29, 0.717) is 26.2 Å².